The smallest absolute Gasteiger partial charge is 0.261 e. The monoisotopic (exact) mass is 627 g/mol. The molecule has 0 aliphatic carbocycles. The van der Waals surface area contributed by atoms with Gasteiger partial charge in [0.15, 0.2) is 6.23 Å². The van der Waals surface area contributed by atoms with Crippen LogP contribution in [0.5, 0.6) is 0 Å². The Kier molecular flexibility index (Phi) is 9.86. The fourth-order valence-electron chi connectivity index (χ4n) is 5.52. The summed E-state index contributed by atoms with van der Waals surface area (Å²) in [5.41, 5.74) is 3.99. The summed E-state index contributed by atoms with van der Waals surface area (Å²) in [6.07, 6.45) is 2.38. The van der Waals surface area contributed by atoms with Gasteiger partial charge in [0, 0.05) is 53.2 Å². The number of nitrogens with one attached hydrogen (secondary N) is 2. The number of nitrogens with zero attached hydrogens (tertiary/aromatic N) is 3. The fourth-order valence-corrected chi connectivity index (χ4v) is 6.66. The molecule has 2 aromatic carbocycles. The Hall–Kier alpha value is -4.25. The molecule has 0 fully saturated rings. The lowest BCUT2D eigenvalue weighted by Gasteiger charge is -2.30. The number of carbonyl (C=O) groups is 2. The number of fused-ring (bicyclic) bond motifs is 3. The molecule has 0 bridgehead atoms. The molecule has 2 aromatic heterocycles. The van der Waals surface area contributed by atoms with Crippen molar-refractivity contribution in [3.05, 3.63) is 94.5 Å². The third-order valence-corrected chi connectivity index (χ3v) is 9.14. The highest BCUT2D eigenvalue weighted by Gasteiger charge is 2.29. The van der Waals surface area contributed by atoms with Crippen LogP contribution >= 0.6 is 11.3 Å². The van der Waals surface area contributed by atoms with E-state index in [1.165, 1.54) is 11.3 Å². The van der Waals surface area contributed by atoms with Gasteiger partial charge in [-0.05, 0) is 75.6 Å². The van der Waals surface area contributed by atoms with E-state index < -0.39 is 11.8 Å². The number of aliphatic hydroxyl groups excluding tert-OH is 2. The average Bonchev–Trinajstić information content (AvgIpc) is 3.42. The molecule has 0 saturated heterocycles. The predicted molar refractivity (Wildman–Crippen MR) is 181 cm³/mol. The number of aromatic nitrogens is 1. The Bertz CT molecular complexity index is 1650. The highest BCUT2D eigenvalue weighted by Crippen LogP contribution is 2.43. The van der Waals surface area contributed by atoms with Crippen molar-refractivity contribution in [2.24, 2.45) is 0 Å². The molecule has 5 rings (SSSR count). The van der Waals surface area contributed by atoms with E-state index >= 15 is 0 Å². The summed E-state index contributed by atoms with van der Waals surface area (Å²) in [7, 11) is 0. The van der Waals surface area contributed by atoms with Crippen LogP contribution in [-0.2, 0) is 6.42 Å². The number of hydrogen-bond acceptors (Lipinski definition) is 8. The van der Waals surface area contributed by atoms with Crippen LogP contribution in [0.2, 0.25) is 0 Å². The van der Waals surface area contributed by atoms with Gasteiger partial charge in [0.1, 0.15) is 5.82 Å². The summed E-state index contributed by atoms with van der Waals surface area (Å²) in [6.45, 7) is 9.66. The summed E-state index contributed by atoms with van der Waals surface area (Å²) in [5, 5.41) is 27.1. The van der Waals surface area contributed by atoms with Crippen molar-refractivity contribution in [2.45, 2.75) is 52.3 Å². The Morgan fingerprint density at radius 2 is 1.82 bits per heavy atom. The Balaban J connectivity index is 1.34. The quantitative estimate of drug-likeness (QED) is 0.165. The van der Waals surface area contributed by atoms with Crippen molar-refractivity contribution in [3.63, 3.8) is 0 Å². The molecule has 2 amide bonds. The third kappa shape index (κ3) is 7.03. The number of pyridine rings is 1. The van der Waals surface area contributed by atoms with Gasteiger partial charge in [-0.3, -0.25) is 9.59 Å². The second-order valence-corrected chi connectivity index (χ2v) is 12.9. The summed E-state index contributed by atoms with van der Waals surface area (Å²) >= 11 is 1.42. The minimum absolute atomic E-state index is 0.158. The van der Waals surface area contributed by atoms with Crippen LogP contribution in [0.4, 0.5) is 17.2 Å². The number of hydrogen-bond donors (Lipinski definition) is 4. The summed E-state index contributed by atoms with van der Waals surface area (Å²) in [5.74, 6) is 0.222. The largest absolute Gasteiger partial charge is 0.394 e. The van der Waals surface area contributed by atoms with E-state index in [1.54, 1.807) is 44.3 Å². The van der Waals surface area contributed by atoms with Gasteiger partial charge >= 0.3 is 0 Å². The van der Waals surface area contributed by atoms with Crippen molar-refractivity contribution in [1.82, 2.24) is 10.3 Å². The minimum atomic E-state index is -0.921. The molecule has 3 heterocycles. The first-order valence-electron chi connectivity index (χ1n) is 15.4. The van der Waals surface area contributed by atoms with Crippen molar-refractivity contribution in [2.75, 3.05) is 41.4 Å². The van der Waals surface area contributed by atoms with Crippen molar-refractivity contribution in [1.29, 1.82) is 0 Å². The summed E-state index contributed by atoms with van der Waals surface area (Å²) in [4.78, 5) is 36.4. The molecule has 4 N–H and O–H groups in total. The Labute approximate surface area is 268 Å². The maximum absolute atomic E-state index is 13.3. The second kappa shape index (κ2) is 13.8. The van der Waals surface area contributed by atoms with E-state index in [-0.39, 0.29) is 18.4 Å². The van der Waals surface area contributed by atoms with Gasteiger partial charge in [-0.25, -0.2) is 4.98 Å². The number of amides is 2. The SMILES string of the molecule is CCCN(CC)c1ncccc1C(=O)Nc1ccc(C(O)N2CCc3cc(C(=O)NC(C)(C)CO)sc3-c3ccccc32)cc1. The molecular formula is C35H41N5O4S. The fraction of sp³-hybridized carbons (Fsp3) is 0.343. The number of benzene rings is 2. The van der Waals surface area contributed by atoms with E-state index in [9.17, 15) is 19.8 Å². The number of anilines is 3. The van der Waals surface area contributed by atoms with E-state index in [0.717, 1.165) is 41.2 Å². The first kappa shape index (κ1) is 32.2. The minimum Gasteiger partial charge on any atom is -0.394 e. The normalized spacial score (nSPS) is 13.3. The topological polar surface area (TPSA) is 118 Å². The molecule has 1 aliphatic rings. The first-order valence-corrected chi connectivity index (χ1v) is 16.2. The van der Waals surface area contributed by atoms with Crippen LogP contribution in [0, 0.1) is 0 Å². The molecule has 1 atom stereocenters. The number of carbonyl (C=O) groups excluding carboxylic acids is 2. The van der Waals surface area contributed by atoms with Crippen molar-refractivity contribution in [3.8, 4) is 10.4 Å². The van der Waals surface area contributed by atoms with Gasteiger partial charge in [0.05, 0.1) is 22.6 Å². The van der Waals surface area contributed by atoms with Gasteiger partial charge in [0.2, 0.25) is 0 Å². The molecule has 1 unspecified atom stereocenters. The lowest BCUT2D eigenvalue weighted by atomic mass is 10.1. The molecule has 9 nitrogen and oxygen atoms in total. The molecule has 236 valence electrons. The first-order chi connectivity index (χ1) is 21.7. The van der Waals surface area contributed by atoms with Crippen molar-refractivity contribution >= 4 is 40.3 Å². The van der Waals surface area contributed by atoms with Crippen LogP contribution in [0.25, 0.3) is 10.4 Å². The molecule has 45 heavy (non-hydrogen) atoms. The standard InChI is InChI=1S/C35H41N5O4S/c1-5-19-39(6-2)31-27(11-9-18-36-31)32(42)37-25-15-13-23(14-16-25)34(44)40-20-17-24-21-29(33(43)38-35(3,4)22-41)45-30(24)26-10-7-8-12-28(26)40/h7-16,18,21,34,41,44H,5-6,17,19-20,22H2,1-4H3,(H,37,42)(H,38,43). The van der Waals surface area contributed by atoms with E-state index in [2.05, 4.69) is 34.4 Å². The maximum Gasteiger partial charge on any atom is 0.261 e. The third-order valence-electron chi connectivity index (χ3n) is 7.93. The zero-order chi connectivity index (χ0) is 32.1. The number of thiophene rings is 1. The number of rotatable bonds is 11. The van der Waals surface area contributed by atoms with E-state index in [1.807, 2.05) is 47.4 Å². The number of aliphatic hydroxyl groups is 2. The molecule has 0 radical (unpaired) electrons. The highest BCUT2D eigenvalue weighted by molar-refractivity contribution is 7.17. The Morgan fingerprint density at radius 1 is 1.07 bits per heavy atom. The summed E-state index contributed by atoms with van der Waals surface area (Å²) < 4.78 is 0. The zero-order valence-electron chi connectivity index (χ0n) is 26.2. The molecular weight excluding hydrogens is 586 g/mol. The van der Waals surface area contributed by atoms with E-state index in [4.69, 9.17) is 0 Å². The zero-order valence-corrected chi connectivity index (χ0v) is 27.0. The molecule has 0 saturated carbocycles. The lowest BCUT2D eigenvalue weighted by molar-refractivity contribution is 0.0873. The molecule has 10 heteroatoms. The van der Waals surface area contributed by atoms with Crippen LogP contribution < -0.4 is 20.4 Å². The molecule has 4 aromatic rings. The maximum atomic E-state index is 13.3. The molecule has 1 aliphatic heterocycles. The van der Waals surface area contributed by atoms with Crippen molar-refractivity contribution < 1.29 is 19.8 Å². The van der Waals surface area contributed by atoms with Crippen LogP contribution in [0.3, 0.4) is 0 Å². The van der Waals surface area contributed by atoms with Gasteiger partial charge in [-0.15, -0.1) is 11.3 Å². The molecule has 0 spiro atoms. The summed E-state index contributed by atoms with van der Waals surface area (Å²) in [6, 6.07) is 20.6. The van der Waals surface area contributed by atoms with Crippen LogP contribution in [0.1, 0.15) is 71.5 Å². The number of para-hydroxylation sites is 1. The van der Waals surface area contributed by atoms with Gasteiger partial charge in [0.25, 0.3) is 11.8 Å². The lowest BCUT2D eigenvalue weighted by Crippen LogP contribution is -2.46. The average molecular weight is 628 g/mol. The van der Waals surface area contributed by atoms with E-state index in [0.29, 0.717) is 40.5 Å². The van der Waals surface area contributed by atoms with Crippen LogP contribution in [0.15, 0.2) is 72.9 Å². The van der Waals surface area contributed by atoms with Gasteiger partial charge < -0.3 is 30.6 Å². The predicted octanol–water partition coefficient (Wildman–Crippen LogP) is 5.85. The highest BCUT2D eigenvalue weighted by atomic mass is 32.1. The van der Waals surface area contributed by atoms with Gasteiger partial charge in [-0.2, -0.15) is 0 Å². The van der Waals surface area contributed by atoms with Crippen LogP contribution in [-0.4, -0.2) is 58.8 Å². The van der Waals surface area contributed by atoms with Gasteiger partial charge in [-0.1, -0.05) is 37.3 Å². The Morgan fingerprint density at radius 3 is 2.53 bits per heavy atom. The second-order valence-electron chi connectivity index (χ2n) is 11.8.